The molecule has 104 valence electrons. The predicted molar refractivity (Wildman–Crippen MR) is 84.6 cm³/mol. The fourth-order valence-electron chi connectivity index (χ4n) is 2.89. The molecule has 0 radical (unpaired) electrons. The molecule has 1 nitrogen and oxygen atoms in total. The highest BCUT2D eigenvalue weighted by atomic mass is 16.1. The fourth-order valence-corrected chi connectivity index (χ4v) is 2.89. The molecule has 2 rings (SSSR count). The topological polar surface area (TPSA) is 17.1 Å². The van der Waals surface area contributed by atoms with Gasteiger partial charge < -0.3 is 0 Å². The van der Waals surface area contributed by atoms with Crippen LogP contribution in [0.2, 0.25) is 0 Å². The van der Waals surface area contributed by atoms with Crippen molar-refractivity contribution in [2.24, 2.45) is 0 Å². The van der Waals surface area contributed by atoms with Gasteiger partial charge in [-0.3, -0.25) is 4.79 Å². The molecule has 0 unspecified atom stereocenters. The highest BCUT2D eigenvalue weighted by molar-refractivity contribution is 5.98. The summed E-state index contributed by atoms with van der Waals surface area (Å²) in [6.45, 7) is 10.3. The molecule has 20 heavy (non-hydrogen) atoms. The summed E-state index contributed by atoms with van der Waals surface area (Å²) in [6, 6.07) is 10.4. The van der Waals surface area contributed by atoms with Gasteiger partial charge in [0.1, 0.15) is 0 Å². The molecule has 0 saturated heterocycles. The van der Waals surface area contributed by atoms with Crippen LogP contribution in [0.1, 0.15) is 43.7 Å². The van der Waals surface area contributed by atoms with Crippen LogP contribution in [0.3, 0.4) is 0 Å². The Kier molecular flexibility index (Phi) is 4.08. The van der Waals surface area contributed by atoms with Gasteiger partial charge >= 0.3 is 0 Å². The number of ketones is 1. The van der Waals surface area contributed by atoms with Crippen LogP contribution in [0.5, 0.6) is 0 Å². The lowest BCUT2D eigenvalue weighted by Crippen LogP contribution is -2.07. The maximum Gasteiger partial charge on any atom is 0.167 e. The van der Waals surface area contributed by atoms with Crippen molar-refractivity contribution in [2.75, 3.05) is 0 Å². The summed E-state index contributed by atoms with van der Waals surface area (Å²) >= 11 is 0. The van der Waals surface area contributed by atoms with Crippen LogP contribution in [0.4, 0.5) is 0 Å². The summed E-state index contributed by atoms with van der Waals surface area (Å²) in [5.41, 5.74) is 7.95. The van der Waals surface area contributed by atoms with Gasteiger partial charge in [0.2, 0.25) is 0 Å². The minimum absolute atomic E-state index is 0.201. The van der Waals surface area contributed by atoms with E-state index >= 15 is 0 Å². The lowest BCUT2D eigenvalue weighted by molar-refractivity contribution is 0.0992. The third kappa shape index (κ3) is 3.16. The van der Waals surface area contributed by atoms with Crippen LogP contribution < -0.4 is 0 Å². The second kappa shape index (κ2) is 5.62. The van der Waals surface area contributed by atoms with Gasteiger partial charge in [-0.25, -0.2) is 0 Å². The number of benzene rings is 2. The minimum Gasteiger partial charge on any atom is -0.294 e. The zero-order valence-corrected chi connectivity index (χ0v) is 13.0. The molecule has 0 aliphatic heterocycles. The first-order chi connectivity index (χ1) is 9.36. The Balaban J connectivity index is 2.32. The van der Waals surface area contributed by atoms with E-state index in [1.807, 2.05) is 26.0 Å². The molecule has 2 aromatic rings. The van der Waals surface area contributed by atoms with E-state index in [0.29, 0.717) is 6.42 Å². The van der Waals surface area contributed by atoms with Crippen molar-refractivity contribution in [3.63, 3.8) is 0 Å². The maximum atomic E-state index is 12.5. The quantitative estimate of drug-likeness (QED) is 0.739. The molecule has 0 atom stereocenters. The van der Waals surface area contributed by atoms with Crippen LogP contribution in [0.15, 0.2) is 30.3 Å². The highest BCUT2D eigenvalue weighted by Gasteiger charge is 2.12. The summed E-state index contributed by atoms with van der Waals surface area (Å²) in [6.07, 6.45) is 0.487. The number of rotatable bonds is 3. The van der Waals surface area contributed by atoms with Crippen molar-refractivity contribution in [3.8, 4) is 0 Å². The molecule has 0 bridgehead atoms. The Morgan fingerprint density at radius 2 is 1.20 bits per heavy atom. The number of hydrogen-bond donors (Lipinski definition) is 0. The van der Waals surface area contributed by atoms with E-state index in [9.17, 15) is 4.79 Å². The van der Waals surface area contributed by atoms with E-state index in [-0.39, 0.29) is 5.78 Å². The number of aryl methyl sites for hydroxylation is 5. The zero-order valence-electron chi connectivity index (χ0n) is 13.0. The molecule has 0 aromatic heterocycles. The van der Waals surface area contributed by atoms with Crippen molar-refractivity contribution >= 4 is 5.78 Å². The molecule has 1 heteroatoms. The minimum atomic E-state index is 0.201. The van der Waals surface area contributed by atoms with Gasteiger partial charge in [0.05, 0.1) is 0 Å². The van der Waals surface area contributed by atoms with Crippen LogP contribution in [0, 0.1) is 34.6 Å². The molecule has 0 aliphatic carbocycles. The molecule has 0 heterocycles. The average molecular weight is 266 g/mol. The Morgan fingerprint density at radius 1 is 0.750 bits per heavy atom. The maximum absolute atomic E-state index is 12.5. The molecule has 0 fully saturated rings. The van der Waals surface area contributed by atoms with E-state index in [4.69, 9.17) is 0 Å². The van der Waals surface area contributed by atoms with Crippen LogP contribution >= 0.6 is 0 Å². The van der Waals surface area contributed by atoms with E-state index < -0.39 is 0 Å². The van der Waals surface area contributed by atoms with Crippen molar-refractivity contribution in [1.82, 2.24) is 0 Å². The molecular weight excluding hydrogens is 244 g/mol. The van der Waals surface area contributed by atoms with Crippen LogP contribution in [0.25, 0.3) is 0 Å². The predicted octanol–water partition coefficient (Wildman–Crippen LogP) is 4.65. The Morgan fingerprint density at radius 3 is 1.70 bits per heavy atom. The number of carbonyl (C=O) groups excluding carboxylic acids is 1. The van der Waals surface area contributed by atoms with Crippen molar-refractivity contribution in [3.05, 3.63) is 69.3 Å². The third-order valence-corrected chi connectivity index (χ3v) is 3.72. The van der Waals surface area contributed by atoms with Crippen LogP contribution in [-0.2, 0) is 6.42 Å². The van der Waals surface area contributed by atoms with E-state index in [1.54, 1.807) is 0 Å². The first-order valence-electron chi connectivity index (χ1n) is 7.05. The monoisotopic (exact) mass is 266 g/mol. The highest BCUT2D eigenvalue weighted by Crippen LogP contribution is 2.19. The van der Waals surface area contributed by atoms with Gasteiger partial charge in [-0.05, 0) is 63.4 Å². The summed E-state index contributed by atoms with van der Waals surface area (Å²) in [5.74, 6) is 0.201. The Bertz CT molecular complexity index is 622. The summed E-state index contributed by atoms with van der Waals surface area (Å²) < 4.78 is 0. The second-order valence-corrected chi connectivity index (χ2v) is 5.85. The largest absolute Gasteiger partial charge is 0.294 e. The summed E-state index contributed by atoms with van der Waals surface area (Å²) in [4.78, 5) is 12.5. The first-order valence-corrected chi connectivity index (χ1v) is 7.05. The third-order valence-electron chi connectivity index (χ3n) is 3.72. The molecule has 2 aromatic carbocycles. The molecule has 0 amide bonds. The van der Waals surface area contributed by atoms with Gasteiger partial charge in [-0.1, -0.05) is 34.9 Å². The zero-order chi connectivity index (χ0) is 14.9. The lowest BCUT2D eigenvalue weighted by atomic mass is 9.93. The Labute approximate surface area is 121 Å². The van der Waals surface area contributed by atoms with E-state index in [0.717, 1.165) is 16.7 Å². The SMILES string of the molecule is Cc1cc(C)cc(C(=O)Cc2c(C)cc(C)cc2C)c1. The number of Topliss-reactive ketones (excluding diaryl/α,β-unsaturated/α-hetero) is 1. The van der Waals surface area contributed by atoms with Gasteiger partial charge in [-0.2, -0.15) is 0 Å². The number of carbonyl (C=O) groups is 1. The molecule has 0 N–H and O–H groups in total. The van der Waals surface area contributed by atoms with Gasteiger partial charge in [0.25, 0.3) is 0 Å². The lowest BCUT2D eigenvalue weighted by Gasteiger charge is -2.11. The van der Waals surface area contributed by atoms with Crippen LogP contribution in [-0.4, -0.2) is 5.78 Å². The molecule has 0 aliphatic rings. The van der Waals surface area contributed by atoms with E-state index in [2.05, 4.69) is 39.0 Å². The normalized spacial score (nSPS) is 10.7. The summed E-state index contributed by atoms with van der Waals surface area (Å²) in [5, 5.41) is 0. The number of hydrogen-bond acceptors (Lipinski definition) is 1. The average Bonchev–Trinajstić information content (AvgIpc) is 2.32. The summed E-state index contributed by atoms with van der Waals surface area (Å²) in [7, 11) is 0. The fraction of sp³-hybridized carbons (Fsp3) is 0.316. The van der Waals surface area contributed by atoms with E-state index in [1.165, 1.54) is 22.3 Å². The van der Waals surface area contributed by atoms with Crippen molar-refractivity contribution < 1.29 is 4.79 Å². The van der Waals surface area contributed by atoms with Crippen molar-refractivity contribution in [1.29, 1.82) is 0 Å². The van der Waals surface area contributed by atoms with Gasteiger partial charge in [0.15, 0.2) is 5.78 Å². The van der Waals surface area contributed by atoms with Crippen molar-refractivity contribution in [2.45, 2.75) is 41.0 Å². The first kappa shape index (κ1) is 14.5. The standard InChI is InChI=1S/C19H22O/c1-12-6-13(2)10-17(9-12)19(20)11-18-15(4)7-14(3)8-16(18)5/h6-10H,11H2,1-5H3. The molecular formula is C19H22O. The van der Waals surface area contributed by atoms with Gasteiger partial charge in [-0.15, -0.1) is 0 Å². The molecule has 0 saturated carbocycles. The Hall–Kier alpha value is -1.89. The second-order valence-electron chi connectivity index (χ2n) is 5.85. The van der Waals surface area contributed by atoms with Gasteiger partial charge in [0, 0.05) is 12.0 Å². The smallest absolute Gasteiger partial charge is 0.167 e. The molecule has 0 spiro atoms.